The molecule has 2 rings (SSSR count). The lowest BCUT2D eigenvalue weighted by molar-refractivity contribution is -0.904. The second-order valence-electron chi connectivity index (χ2n) is 5.14. The summed E-state index contributed by atoms with van der Waals surface area (Å²) in [5.74, 6) is 0. The summed E-state index contributed by atoms with van der Waals surface area (Å²) in [5.41, 5.74) is 0. The van der Waals surface area contributed by atoms with Gasteiger partial charge in [-0.1, -0.05) is 12.8 Å². The molecule has 0 unspecified atom stereocenters. The zero-order chi connectivity index (χ0) is 12.1. The Bertz CT molecular complexity index is 248. The average molecular weight is 258 g/mol. The van der Waals surface area contributed by atoms with Crippen LogP contribution in [-0.4, -0.2) is 60.5 Å². The van der Waals surface area contributed by atoms with E-state index in [9.17, 15) is 0 Å². The summed E-state index contributed by atoms with van der Waals surface area (Å²) in [7, 11) is 0. The number of nitrogens with one attached hydrogen (secondary N) is 2. The monoisotopic (exact) mass is 258 g/mol. The van der Waals surface area contributed by atoms with E-state index in [2.05, 4.69) is 10.2 Å². The van der Waals surface area contributed by atoms with Gasteiger partial charge >= 0.3 is 0 Å². The fourth-order valence-electron chi connectivity index (χ4n) is 2.77. The molecule has 0 aromatic heterocycles. The highest BCUT2D eigenvalue weighted by Gasteiger charge is 2.23. The van der Waals surface area contributed by atoms with Crippen LogP contribution in [0.3, 0.4) is 0 Å². The number of aliphatic hydroxyl groups excluding tert-OH is 1. The highest BCUT2D eigenvalue weighted by molar-refractivity contribution is 7.80. The van der Waals surface area contributed by atoms with Gasteiger partial charge in [0.1, 0.15) is 6.54 Å². The van der Waals surface area contributed by atoms with Crippen LogP contribution >= 0.6 is 12.2 Å². The molecule has 5 heteroatoms. The van der Waals surface area contributed by atoms with Gasteiger partial charge in [-0.2, -0.15) is 0 Å². The molecule has 98 valence electrons. The number of aliphatic hydroxyl groups is 1. The molecule has 3 N–H and O–H groups in total. The van der Waals surface area contributed by atoms with Crippen LogP contribution in [0.4, 0.5) is 0 Å². The molecule has 1 saturated carbocycles. The molecule has 0 atom stereocenters. The number of piperazine rings is 1. The summed E-state index contributed by atoms with van der Waals surface area (Å²) in [6, 6.07) is 0.616. The second-order valence-corrected chi connectivity index (χ2v) is 5.53. The van der Waals surface area contributed by atoms with E-state index >= 15 is 0 Å². The van der Waals surface area contributed by atoms with Gasteiger partial charge in [0.15, 0.2) is 5.11 Å². The van der Waals surface area contributed by atoms with Crippen molar-refractivity contribution in [2.24, 2.45) is 0 Å². The number of quaternary nitrogens is 1. The SMILES string of the molecule is OCC[NH+]1CCN(C(=S)NC2CCCC2)CC1. The first-order valence-electron chi connectivity index (χ1n) is 6.79. The molecular weight excluding hydrogens is 234 g/mol. The zero-order valence-electron chi connectivity index (χ0n) is 10.5. The van der Waals surface area contributed by atoms with Gasteiger partial charge in [0, 0.05) is 6.04 Å². The molecule has 0 amide bonds. The van der Waals surface area contributed by atoms with E-state index in [4.69, 9.17) is 17.3 Å². The van der Waals surface area contributed by atoms with Crippen LogP contribution in [-0.2, 0) is 0 Å². The minimum atomic E-state index is 0.292. The Kier molecular flexibility index (Phi) is 5.00. The van der Waals surface area contributed by atoms with Crippen LogP contribution in [0.1, 0.15) is 25.7 Å². The molecule has 0 aromatic carbocycles. The van der Waals surface area contributed by atoms with Crippen LogP contribution in [0.25, 0.3) is 0 Å². The maximum Gasteiger partial charge on any atom is 0.169 e. The second kappa shape index (κ2) is 6.52. The molecule has 0 aromatic rings. The molecule has 2 aliphatic rings. The lowest BCUT2D eigenvalue weighted by atomic mass is 10.2. The molecule has 1 saturated heterocycles. The summed E-state index contributed by atoms with van der Waals surface area (Å²) in [6.07, 6.45) is 5.23. The van der Waals surface area contributed by atoms with Crippen molar-refractivity contribution in [1.82, 2.24) is 10.2 Å². The third-order valence-corrected chi connectivity index (χ3v) is 4.28. The van der Waals surface area contributed by atoms with Gasteiger partial charge in [0.2, 0.25) is 0 Å². The number of hydrogen-bond acceptors (Lipinski definition) is 2. The molecular formula is C12H24N3OS+. The van der Waals surface area contributed by atoms with Crippen LogP contribution < -0.4 is 10.2 Å². The van der Waals surface area contributed by atoms with E-state index in [-0.39, 0.29) is 0 Å². The Morgan fingerprint density at radius 3 is 2.53 bits per heavy atom. The molecule has 4 nitrogen and oxygen atoms in total. The van der Waals surface area contributed by atoms with E-state index in [1.807, 2.05) is 0 Å². The third-order valence-electron chi connectivity index (χ3n) is 3.91. The largest absolute Gasteiger partial charge is 0.391 e. The molecule has 1 heterocycles. The van der Waals surface area contributed by atoms with Crippen molar-refractivity contribution in [3.05, 3.63) is 0 Å². The fourth-order valence-corrected chi connectivity index (χ4v) is 3.12. The maximum atomic E-state index is 8.91. The first-order valence-corrected chi connectivity index (χ1v) is 7.20. The number of nitrogens with zero attached hydrogens (tertiary/aromatic N) is 1. The molecule has 1 aliphatic carbocycles. The predicted octanol–water partition coefficient (Wildman–Crippen LogP) is -1.00. The van der Waals surface area contributed by atoms with Crippen molar-refractivity contribution >= 4 is 17.3 Å². The maximum absolute atomic E-state index is 8.91. The van der Waals surface area contributed by atoms with Crippen molar-refractivity contribution in [3.63, 3.8) is 0 Å². The molecule has 2 fully saturated rings. The number of thiocarbonyl (C=S) groups is 1. The first kappa shape index (κ1) is 13.1. The van der Waals surface area contributed by atoms with Crippen molar-refractivity contribution < 1.29 is 10.0 Å². The van der Waals surface area contributed by atoms with E-state index in [1.165, 1.54) is 30.6 Å². The smallest absolute Gasteiger partial charge is 0.169 e. The zero-order valence-corrected chi connectivity index (χ0v) is 11.3. The fraction of sp³-hybridized carbons (Fsp3) is 0.917. The van der Waals surface area contributed by atoms with Gasteiger partial charge in [-0.3, -0.25) is 0 Å². The number of hydrogen-bond donors (Lipinski definition) is 3. The standard InChI is InChI=1S/C12H23N3OS/c16-10-9-14-5-7-15(8-6-14)12(17)13-11-3-1-2-4-11/h11,16H,1-10H2,(H,13,17)/p+1. The minimum Gasteiger partial charge on any atom is -0.391 e. The Morgan fingerprint density at radius 2 is 1.94 bits per heavy atom. The van der Waals surface area contributed by atoms with E-state index in [0.29, 0.717) is 12.6 Å². The predicted molar refractivity (Wildman–Crippen MR) is 72.2 cm³/mol. The Labute approximate surface area is 109 Å². The summed E-state index contributed by atoms with van der Waals surface area (Å²) in [4.78, 5) is 3.78. The van der Waals surface area contributed by atoms with Gasteiger partial charge in [-0.15, -0.1) is 0 Å². The molecule has 1 aliphatic heterocycles. The summed E-state index contributed by atoms with van der Waals surface area (Å²) >= 11 is 5.47. The highest BCUT2D eigenvalue weighted by Crippen LogP contribution is 2.17. The van der Waals surface area contributed by atoms with Gasteiger partial charge in [-0.25, -0.2) is 0 Å². The lowest BCUT2D eigenvalue weighted by Gasteiger charge is -2.34. The van der Waals surface area contributed by atoms with Crippen molar-refractivity contribution in [1.29, 1.82) is 0 Å². The highest BCUT2D eigenvalue weighted by atomic mass is 32.1. The van der Waals surface area contributed by atoms with Crippen LogP contribution in [0.5, 0.6) is 0 Å². The van der Waals surface area contributed by atoms with E-state index < -0.39 is 0 Å². The normalized spacial score (nSPS) is 23.0. The van der Waals surface area contributed by atoms with Crippen LogP contribution in [0, 0.1) is 0 Å². The molecule has 0 spiro atoms. The van der Waals surface area contributed by atoms with Crippen molar-refractivity contribution in [2.45, 2.75) is 31.7 Å². The minimum absolute atomic E-state index is 0.292. The summed E-state index contributed by atoms with van der Waals surface area (Å²) in [6.45, 7) is 5.39. The van der Waals surface area contributed by atoms with Gasteiger partial charge in [-0.05, 0) is 25.1 Å². The molecule has 0 radical (unpaired) electrons. The Hall–Kier alpha value is -0.390. The van der Waals surface area contributed by atoms with Gasteiger partial charge in [0.25, 0.3) is 0 Å². The van der Waals surface area contributed by atoms with Crippen molar-refractivity contribution in [3.8, 4) is 0 Å². The summed E-state index contributed by atoms with van der Waals surface area (Å²) in [5, 5.41) is 13.3. The van der Waals surface area contributed by atoms with Gasteiger partial charge in [0.05, 0.1) is 32.8 Å². The van der Waals surface area contributed by atoms with Crippen LogP contribution in [0.15, 0.2) is 0 Å². The van der Waals surface area contributed by atoms with Crippen molar-refractivity contribution in [2.75, 3.05) is 39.3 Å². The van der Waals surface area contributed by atoms with Crippen LogP contribution in [0.2, 0.25) is 0 Å². The van der Waals surface area contributed by atoms with Gasteiger partial charge < -0.3 is 20.2 Å². The average Bonchev–Trinajstić information content (AvgIpc) is 2.83. The molecule has 0 bridgehead atoms. The molecule has 17 heavy (non-hydrogen) atoms. The topological polar surface area (TPSA) is 39.9 Å². The van der Waals surface area contributed by atoms with E-state index in [0.717, 1.165) is 37.8 Å². The Balaban J connectivity index is 1.70. The Morgan fingerprint density at radius 1 is 1.29 bits per heavy atom. The number of rotatable bonds is 3. The first-order chi connectivity index (χ1) is 8.29. The third kappa shape index (κ3) is 3.79. The van der Waals surface area contributed by atoms with E-state index in [1.54, 1.807) is 0 Å². The lowest BCUT2D eigenvalue weighted by Crippen LogP contribution is -3.15. The quantitative estimate of drug-likeness (QED) is 0.568. The summed E-state index contributed by atoms with van der Waals surface area (Å²) < 4.78 is 0.